The maximum absolute atomic E-state index is 4.98. The van der Waals surface area contributed by atoms with Gasteiger partial charge < -0.3 is 8.97 Å². The zero-order valence-electron chi connectivity index (χ0n) is 14.7. The summed E-state index contributed by atoms with van der Waals surface area (Å²) in [5, 5.41) is 0. The van der Waals surface area contributed by atoms with E-state index >= 15 is 0 Å². The summed E-state index contributed by atoms with van der Waals surface area (Å²) < 4.78 is 4.47. The van der Waals surface area contributed by atoms with Crippen molar-refractivity contribution in [2.24, 2.45) is 0 Å². The minimum absolute atomic E-state index is 0.793. The summed E-state index contributed by atoms with van der Waals surface area (Å²) >= 11 is 0. The molecule has 1 aliphatic heterocycles. The molecule has 0 unspecified atom stereocenters. The second-order valence-corrected chi connectivity index (χ2v) is 7.55. The zero-order valence-corrected chi connectivity index (χ0v) is 14.7. The van der Waals surface area contributed by atoms with Crippen molar-refractivity contribution < 1.29 is 0 Å². The number of rotatable bonds is 2. The third-order valence-corrected chi connectivity index (χ3v) is 6.10. The third-order valence-electron chi connectivity index (χ3n) is 6.10. The summed E-state index contributed by atoms with van der Waals surface area (Å²) in [7, 11) is 0. The summed E-state index contributed by atoms with van der Waals surface area (Å²) in [4.78, 5) is 11.9. The summed E-state index contributed by atoms with van der Waals surface area (Å²) in [5.41, 5.74) is 5.75. The molecule has 0 spiro atoms. The van der Waals surface area contributed by atoms with Crippen LogP contribution in [-0.4, -0.2) is 36.4 Å². The average Bonchev–Trinajstić information content (AvgIpc) is 3.22. The van der Waals surface area contributed by atoms with Crippen LogP contribution >= 0.6 is 0 Å². The van der Waals surface area contributed by atoms with E-state index in [2.05, 4.69) is 55.4 Å². The van der Waals surface area contributed by atoms with E-state index in [4.69, 9.17) is 4.98 Å². The molecule has 0 atom stereocenters. The SMILES string of the molecule is c1cn2cc(-c3ccc4c(c3)nc3n4CCN(C4CCC4)C3)ccc2n1. The number of pyridine rings is 1. The molecule has 1 aliphatic carbocycles. The van der Waals surface area contributed by atoms with Gasteiger partial charge in [0, 0.05) is 37.7 Å². The summed E-state index contributed by atoms with van der Waals surface area (Å²) in [6.45, 7) is 3.21. The Morgan fingerprint density at radius 2 is 1.92 bits per heavy atom. The molecule has 6 rings (SSSR count). The van der Waals surface area contributed by atoms with E-state index in [1.54, 1.807) is 0 Å². The molecule has 0 bridgehead atoms. The highest BCUT2D eigenvalue weighted by atomic mass is 15.3. The van der Waals surface area contributed by atoms with E-state index < -0.39 is 0 Å². The number of hydrogen-bond acceptors (Lipinski definition) is 3. The van der Waals surface area contributed by atoms with Crippen LogP contribution in [0.4, 0.5) is 0 Å². The van der Waals surface area contributed by atoms with Crippen LogP contribution in [0.5, 0.6) is 0 Å². The average molecular weight is 343 g/mol. The van der Waals surface area contributed by atoms with Gasteiger partial charge in [0.2, 0.25) is 0 Å². The molecule has 4 heterocycles. The minimum atomic E-state index is 0.793. The van der Waals surface area contributed by atoms with Gasteiger partial charge in [0.15, 0.2) is 0 Å². The monoisotopic (exact) mass is 343 g/mol. The number of hydrogen-bond donors (Lipinski definition) is 0. The predicted molar refractivity (Wildman–Crippen MR) is 102 cm³/mol. The third kappa shape index (κ3) is 2.13. The van der Waals surface area contributed by atoms with E-state index in [1.807, 2.05) is 12.4 Å². The second-order valence-electron chi connectivity index (χ2n) is 7.55. The van der Waals surface area contributed by atoms with Gasteiger partial charge in [-0.1, -0.05) is 12.5 Å². The van der Waals surface area contributed by atoms with Crippen LogP contribution in [0.3, 0.4) is 0 Å². The van der Waals surface area contributed by atoms with E-state index in [9.17, 15) is 0 Å². The van der Waals surface area contributed by atoms with Gasteiger partial charge in [0.05, 0.1) is 17.6 Å². The Kier molecular flexibility index (Phi) is 3.02. The summed E-state index contributed by atoms with van der Waals surface area (Å²) in [6.07, 6.45) is 10.1. The molecule has 1 aromatic carbocycles. The molecule has 0 amide bonds. The number of aromatic nitrogens is 4. The highest BCUT2D eigenvalue weighted by molar-refractivity contribution is 5.82. The van der Waals surface area contributed by atoms with Gasteiger partial charge in [-0.25, -0.2) is 9.97 Å². The highest BCUT2D eigenvalue weighted by Crippen LogP contribution is 2.31. The van der Waals surface area contributed by atoms with Gasteiger partial charge in [-0.05, 0) is 48.2 Å². The Morgan fingerprint density at radius 1 is 1.00 bits per heavy atom. The highest BCUT2D eigenvalue weighted by Gasteiger charge is 2.29. The molecule has 2 aliphatic rings. The molecule has 5 nitrogen and oxygen atoms in total. The first-order valence-corrected chi connectivity index (χ1v) is 9.51. The smallest absolute Gasteiger partial charge is 0.136 e. The molecule has 0 N–H and O–H groups in total. The molecular formula is C21H21N5. The van der Waals surface area contributed by atoms with Gasteiger partial charge in [-0.15, -0.1) is 0 Å². The van der Waals surface area contributed by atoms with Crippen molar-refractivity contribution in [3.8, 4) is 11.1 Å². The van der Waals surface area contributed by atoms with Crippen LogP contribution in [0.15, 0.2) is 48.9 Å². The number of imidazole rings is 2. The Morgan fingerprint density at radius 3 is 2.81 bits per heavy atom. The number of nitrogens with zero attached hydrogens (tertiary/aromatic N) is 5. The number of fused-ring (bicyclic) bond motifs is 4. The summed E-state index contributed by atoms with van der Waals surface area (Å²) in [5.74, 6) is 1.22. The van der Waals surface area contributed by atoms with Gasteiger partial charge >= 0.3 is 0 Å². The molecule has 0 saturated heterocycles. The van der Waals surface area contributed by atoms with E-state index in [-0.39, 0.29) is 0 Å². The molecule has 26 heavy (non-hydrogen) atoms. The van der Waals surface area contributed by atoms with Gasteiger partial charge in [0.25, 0.3) is 0 Å². The Balaban J connectivity index is 1.39. The van der Waals surface area contributed by atoms with Crippen LogP contribution in [0.25, 0.3) is 27.8 Å². The van der Waals surface area contributed by atoms with Crippen molar-refractivity contribution in [3.63, 3.8) is 0 Å². The lowest BCUT2D eigenvalue weighted by molar-refractivity contribution is 0.0966. The van der Waals surface area contributed by atoms with Crippen LogP contribution in [-0.2, 0) is 13.1 Å². The molecule has 130 valence electrons. The molecule has 3 aromatic heterocycles. The molecule has 0 radical (unpaired) electrons. The summed E-state index contributed by atoms with van der Waals surface area (Å²) in [6, 6.07) is 11.7. The lowest BCUT2D eigenvalue weighted by Gasteiger charge is -2.39. The molecule has 5 heteroatoms. The standard InChI is InChI=1S/C21H21N5/c1-2-17(3-1)24-10-11-26-19-6-4-15(12-18(19)23-21(26)14-24)16-5-7-20-22-8-9-25(20)13-16/h4-9,12-13,17H,1-3,10-11,14H2. The van der Waals surface area contributed by atoms with Crippen LogP contribution in [0.1, 0.15) is 25.1 Å². The van der Waals surface area contributed by atoms with E-state index in [0.29, 0.717) is 0 Å². The lowest BCUT2D eigenvalue weighted by atomic mass is 9.91. The largest absolute Gasteiger partial charge is 0.326 e. The van der Waals surface area contributed by atoms with Gasteiger partial charge in [0.1, 0.15) is 11.5 Å². The van der Waals surface area contributed by atoms with Crippen LogP contribution in [0, 0.1) is 0 Å². The molecular weight excluding hydrogens is 322 g/mol. The van der Waals surface area contributed by atoms with Gasteiger partial charge in [-0.2, -0.15) is 0 Å². The Labute approximate surface area is 151 Å². The fourth-order valence-corrected chi connectivity index (χ4v) is 4.37. The van der Waals surface area contributed by atoms with Crippen LogP contribution < -0.4 is 0 Å². The Bertz CT molecular complexity index is 1120. The van der Waals surface area contributed by atoms with Crippen molar-refractivity contribution in [2.45, 2.75) is 38.4 Å². The maximum Gasteiger partial charge on any atom is 0.136 e. The first-order chi connectivity index (χ1) is 12.8. The van der Waals surface area contributed by atoms with Crippen molar-refractivity contribution in [1.82, 2.24) is 23.8 Å². The first kappa shape index (κ1) is 14.5. The topological polar surface area (TPSA) is 38.4 Å². The Hall–Kier alpha value is -2.66. The van der Waals surface area contributed by atoms with E-state index in [1.165, 1.54) is 41.7 Å². The second kappa shape index (κ2) is 5.42. The van der Waals surface area contributed by atoms with Crippen molar-refractivity contribution in [3.05, 3.63) is 54.7 Å². The molecule has 1 saturated carbocycles. The van der Waals surface area contributed by atoms with Crippen molar-refractivity contribution in [2.75, 3.05) is 6.54 Å². The fraction of sp³-hybridized carbons (Fsp3) is 0.333. The van der Waals surface area contributed by atoms with Crippen LogP contribution in [0.2, 0.25) is 0 Å². The fourth-order valence-electron chi connectivity index (χ4n) is 4.37. The molecule has 1 fully saturated rings. The van der Waals surface area contributed by atoms with E-state index in [0.717, 1.165) is 36.8 Å². The number of benzene rings is 1. The normalized spacial score (nSPS) is 18.3. The quantitative estimate of drug-likeness (QED) is 0.557. The zero-order chi connectivity index (χ0) is 17.1. The van der Waals surface area contributed by atoms with Crippen molar-refractivity contribution in [1.29, 1.82) is 0 Å². The van der Waals surface area contributed by atoms with Gasteiger partial charge in [-0.3, -0.25) is 4.90 Å². The molecule has 4 aromatic rings. The first-order valence-electron chi connectivity index (χ1n) is 9.51. The predicted octanol–water partition coefficient (Wildman–Crippen LogP) is 3.72. The lowest BCUT2D eigenvalue weighted by Crippen LogP contribution is -2.44. The minimum Gasteiger partial charge on any atom is -0.326 e. The van der Waals surface area contributed by atoms with Crippen molar-refractivity contribution >= 4 is 16.7 Å². The maximum atomic E-state index is 4.98.